The first-order valence-corrected chi connectivity index (χ1v) is 2.65. The molecule has 0 saturated heterocycles. The lowest BCUT2D eigenvalue weighted by Crippen LogP contribution is -2.19. The molecule has 0 amide bonds. The van der Waals surface area contributed by atoms with Gasteiger partial charge in [-0.25, -0.2) is 0 Å². The van der Waals surface area contributed by atoms with E-state index in [-0.39, 0.29) is 5.78 Å². The molecular weight excluding hydrogens is 118 g/mol. The number of ketones is 1. The molecule has 3 nitrogen and oxygen atoms in total. The third kappa shape index (κ3) is 5.03. The fraction of sp³-hybridized carbons (Fsp3) is 0.500. The first-order valence-electron chi connectivity index (χ1n) is 2.65. The molecule has 0 unspecified atom stereocenters. The van der Waals surface area contributed by atoms with Crippen LogP contribution in [0.5, 0.6) is 0 Å². The molecule has 52 valence electrons. The number of carbonyl (C=O) groups is 1. The van der Waals surface area contributed by atoms with Crippen LogP contribution in [0.25, 0.3) is 0 Å². The van der Waals surface area contributed by atoms with Gasteiger partial charge in [-0.1, -0.05) is 0 Å². The summed E-state index contributed by atoms with van der Waals surface area (Å²) in [6.45, 7) is 0.344. The van der Waals surface area contributed by atoms with E-state index in [0.29, 0.717) is 6.54 Å². The van der Waals surface area contributed by atoms with Crippen LogP contribution in [0.15, 0.2) is 12.3 Å². The van der Waals surface area contributed by atoms with Crippen molar-refractivity contribution in [3.8, 4) is 0 Å². The number of hydrogen-bond donors (Lipinski definition) is 1. The predicted octanol–water partition coefficient (Wildman–Crippen LogP) is 0.189. The lowest BCUT2D eigenvalue weighted by Gasteiger charge is -2.03. The fourth-order valence-electron chi connectivity index (χ4n) is 0.448. The Morgan fingerprint density at radius 2 is 2.22 bits per heavy atom. The van der Waals surface area contributed by atoms with Crippen molar-refractivity contribution in [3.05, 3.63) is 12.3 Å². The van der Waals surface area contributed by atoms with Gasteiger partial charge in [0.05, 0.1) is 12.8 Å². The van der Waals surface area contributed by atoms with Gasteiger partial charge in [0.1, 0.15) is 0 Å². The summed E-state index contributed by atoms with van der Waals surface area (Å²) in [7, 11) is 3.59. The van der Waals surface area contributed by atoms with E-state index < -0.39 is 0 Å². The van der Waals surface area contributed by atoms with E-state index in [4.69, 9.17) is 5.11 Å². The summed E-state index contributed by atoms with van der Waals surface area (Å²) >= 11 is 0. The number of nitrogens with zero attached hydrogens (tertiary/aromatic N) is 1. The lowest BCUT2D eigenvalue weighted by molar-refractivity contribution is -0.115. The van der Waals surface area contributed by atoms with Gasteiger partial charge in [-0.05, 0) is 14.1 Å². The zero-order valence-electron chi connectivity index (χ0n) is 5.66. The molecule has 0 saturated carbocycles. The smallest absolute Gasteiger partial charge is 0.172 e. The molecule has 0 aromatic carbocycles. The van der Waals surface area contributed by atoms with Crippen LogP contribution in [-0.2, 0) is 4.79 Å². The molecule has 0 aromatic rings. The molecule has 0 aliphatic rings. The monoisotopic (exact) mass is 129 g/mol. The molecule has 0 aromatic heterocycles. The van der Waals surface area contributed by atoms with Crippen LogP contribution in [0.1, 0.15) is 0 Å². The fourth-order valence-corrected chi connectivity index (χ4v) is 0.448. The zero-order valence-corrected chi connectivity index (χ0v) is 5.66. The van der Waals surface area contributed by atoms with Crippen molar-refractivity contribution in [3.63, 3.8) is 0 Å². The second-order valence-electron chi connectivity index (χ2n) is 2.02. The normalized spacial score (nSPS) is 11.0. The topological polar surface area (TPSA) is 40.5 Å². The Balaban J connectivity index is 3.51. The number of rotatable bonds is 3. The van der Waals surface area contributed by atoms with Crippen molar-refractivity contribution in [2.24, 2.45) is 0 Å². The lowest BCUT2D eigenvalue weighted by atomic mass is 10.4. The van der Waals surface area contributed by atoms with Crippen LogP contribution in [0, 0.1) is 0 Å². The Morgan fingerprint density at radius 1 is 1.67 bits per heavy atom. The van der Waals surface area contributed by atoms with Crippen LogP contribution < -0.4 is 0 Å². The summed E-state index contributed by atoms with van der Waals surface area (Å²) in [6, 6.07) is 0. The van der Waals surface area contributed by atoms with Gasteiger partial charge in [0, 0.05) is 6.08 Å². The average Bonchev–Trinajstić information content (AvgIpc) is 1.63. The molecule has 0 fully saturated rings. The van der Waals surface area contributed by atoms with Gasteiger partial charge in [0.2, 0.25) is 0 Å². The summed E-state index contributed by atoms with van der Waals surface area (Å²) in [4.78, 5) is 12.3. The number of aliphatic hydroxyl groups excluding tert-OH is 1. The number of likely N-dealkylation sites (N-methyl/N-ethyl adjacent to an activating group) is 1. The van der Waals surface area contributed by atoms with Gasteiger partial charge in [-0.3, -0.25) is 4.79 Å². The van der Waals surface area contributed by atoms with Crippen LogP contribution in [0.3, 0.4) is 0 Å². The first kappa shape index (κ1) is 8.17. The standard InChI is InChI=1S/C6H11NO2/c1-7(2)5-6(9)3-4-8/h3-4,8H,5H2,1-2H3/b4-3-. The van der Waals surface area contributed by atoms with E-state index in [0.717, 1.165) is 12.3 Å². The molecule has 9 heavy (non-hydrogen) atoms. The van der Waals surface area contributed by atoms with Crippen molar-refractivity contribution in [2.75, 3.05) is 20.6 Å². The maximum atomic E-state index is 10.6. The maximum Gasteiger partial charge on any atom is 0.172 e. The average molecular weight is 129 g/mol. The third-order valence-corrected chi connectivity index (χ3v) is 0.732. The van der Waals surface area contributed by atoms with Gasteiger partial charge < -0.3 is 10.0 Å². The van der Waals surface area contributed by atoms with Crippen molar-refractivity contribution in [1.82, 2.24) is 4.90 Å². The first-order chi connectivity index (χ1) is 4.16. The molecule has 3 heteroatoms. The van der Waals surface area contributed by atoms with Gasteiger partial charge in [-0.2, -0.15) is 0 Å². The Hall–Kier alpha value is -0.830. The van der Waals surface area contributed by atoms with E-state index >= 15 is 0 Å². The van der Waals surface area contributed by atoms with Gasteiger partial charge in [-0.15, -0.1) is 0 Å². The van der Waals surface area contributed by atoms with Crippen LogP contribution in [-0.4, -0.2) is 36.4 Å². The Kier molecular flexibility index (Phi) is 3.71. The minimum absolute atomic E-state index is 0.0949. The van der Waals surface area contributed by atoms with Crippen molar-refractivity contribution in [2.45, 2.75) is 0 Å². The van der Waals surface area contributed by atoms with E-state index in [1.54, 1.807) is 19.0 Å². The molecule has 1 N–H and O–H groups in total. The van der Waals surface area contributed by atoms with E-state index in [1.807, 2.05) is 0 Å². The number of carbonyl (C=O) groups excluding carboxylic acids is 1. The number of aliphatic hydroxyl groups is 1. The largest absolute Gasteiger partial charge is 0.515 e. The zero-order chi connectivity index (χ0) is 7.28. The van der Waals surface area contributed by atoms with Crippen LogP contribution >= 0.6 is 0 Å². The van der Waals surface area contributed by atoms with Gasteiger partial charge in [0.25, 0.3) is 0 Å². The molecule has 0 rings (SSSR count). The van der Waals surface area contributed by atoms with Crippen LogP contribution in [0.4, 0.5) is 0 Å². The SMILES string of the molecule is CN(C)CC(=O)/C=C\O. The van der Waals surface area contributed by atoms with E-state index in [9.17, 15) is 4.79 Å². The third-order valence-electron chi connectivity index (χ3n) is 0.732. The number of hydrogen-bond acceptors (Lipinski definition) is 3. The molecule has 0 aliphatic heterocycles. The minimum Gasteiger partial charge on any atom is -0.515 e. The van der Waals surface area contributed by atoms with Gasteiger partial charge >= 0.3 is 0 Å². The minimum atomic E-state index is -0.0949. The van der Waals surface area contributed by atoms with Crippen molar-refractivity contribution in [1.29, 1.82) is 0 Å². The van der Waals surface area contributed by atoms with Crippen molar-refractivity contribution >= 4 is 5.78 Å². The highest BCUT2D eigenvalue weighted by atomic mass is 16.2. The summed E-state index contributed by atoms with van der Waals surface area (Å²) in [5.74, 6) is -0.0949. The van der Waals surface area contributed by atoms with Crippen molar-refractivity contribution < 1.29 is 9.90 Å². The second-order valence-corrected chi connectivity index (χ2v) is 2.02. The highest BCUT2D eigenvalue weighted by molar-refractivity contribution is 5.91. The molecule has 0 aliphatic carbocycles. The van der Waals surface area contributed by atoms with Gasteiger partial charge in [0.15, 0.2) is 5.78 Å². The Labute approximate surface area is 54.6 Å². The highest BCUT2D eigenvalue weighted by Gasteiger charge is 1.95. The summed E-state index contributed by atoms with van der Waals surface area (Å²) < 4.78 is 0. The molecule has 0 radical (unpaired) electrons. The summed E-state index contributed by atoms with van der Waals surface area (Å²) in [6.07, 6.45) is 1.89. The second kappa shape index (κ2) is 4.09. The van der Waals surface area contributed by atoms with E-state index in [2.05, 4.69) is 0 Å². The molecular formula is C6H11NO2. The summed E-state index contributed by atoms with van der Waals surface area (Å²) in [5.41, 5.74) is 0. The molecule has 0 heterocycles. The molecule has 0 bridgehead atoms. The molecule has 0 atom stereocenters. The Bertz CT molecular complexity index is 118. The highest BCUT2D eigenvalue weighted by Crippen LogP contribution is 1.78. The molecule has 0 spiro atoms. The van der Waals surface area contributed by atoms with Crippen LogP contribution in [0.2, 0.25) is 0 Å². The Morgan fingerprint density at radius 3 is 2.56 bits per heavy atom. The predicted molar refractivity (Wildman–Crippen MR) is 35.3 cm³/mol. The summed E-state index contributed by atoms with van der Waals surface area (Å²) in [5, 5.41) is 8.13. The van der Waals surface area contributed by atoms with E-state index in [1.165, 1.54) is 0 Å². The maximum absolute atomic E-state index is 10.6. The quantitative estimate of drug-likeness (QED) is 0.437.